The second-order valence-electron chi connectivity index (χ2n) is 4.68. The van der Waals surface area contributed by atoms with Gasteiger partial charge in [0.05, 0.1) is 18.4 Å². The van der Waals surface area contributed by atoms with Gasteiger partial charge in [0.1, 0.15) is 6.04 Å². The molecule has 8 heteroatoms. The lowest BCUT2D eigenvalue weighted by atomic mass is 10.1. The molecule has 2 heterocycles. The molecule has 6 nitrogen and oxygen atoms in total. The highest BCUT2D eigenvalue weighted by Crippen LogP contribution is 2.15. The second-order valence-corrected chi connectivity index (χ2v) is 4.68. The van der Waals surface area contributed by atoms with E-state index in [0.717, 1.165) is 11.3 Å². The molecule has 122 valence electrons. The first-order valence-corrected chi connectivity index (χ1v) is 6.42. The van der Waals surface area contributed by atoms with Gasteiger partial charge in [0, 0.05) is 32.1 Å². The minimum absolute atomic E-state index is 0. The number of aryl methyl sites for hydroxylation is 1. The van der Waals surface area contributed by atoms with Gasteiger partial charge in [-0.1, -0.05) is 6.07 Å². The van der Waals surface area contributed by atoms with Crippen molar-refractivity contribution in [2.45, 2.75) is 12.6 Å². The van der Waals surface area contributed by atoms with Crippen molar-refractivity contribution in [1.82, 2.24) is 25.0 Å². The summed E-state index contributed by atoms with van der Waals surface area (Å²) in [6.45, 7) is 0.484. The number of halogens is 2. The Hall–Kier alpha value is -1.63. The van der Waals surface area contributed by atoms with Crippen LogP contribution >= 0.6 is 24.8 Å². The largest absolute Gasteiger partial charge is 0.338 e. The van der Waals surface area contributed by atoms with Crippen molar-refractivity contribution < 1.29 is 4.79 Å². The Bertz CT molecular complexity index is 576. The normalized spacial score (nSPS) is 11.0. The Morgan fingerprint density at radius 1 is 1.41 bits per heavy atom. The van der Waals surface area contributed by atoms with E-state index in [4.69, 9.17) is 0 Å². The van der Waals surface area contributed by atoms with E-state index in [1.54, 1.807) is 36.1 Å². The van der Waals surface area contributed by atoms with Gasteiger partial charge in [0.15, 0.2) is 0 Å². The van der Waals surface area contributed by atoms with Crippen LogP contribution in [0.2, 0.25) is 0 Å². The summed E-state index contributed by atoms with van der Waals surface area (Å²) in [5.74, 6) is -0.00819. The van der Waals surface area contributed by atoms with Gasteiger partial charge in [-0.15, -0.1) is 24.8 Å². The van der Waals surface area contributed by atoms with Crippen molar-refractivity contribution in [2.75, 3.05) is 14.1 Å². The molecule has 22 heavy (non-hydrogen) atoms. The lowest BCUT2D eigenvalue weighted by molar-refractivity contribution is -0.132. The Morgan fingerprint density at radius 3 is 2.64 bits per heavy atom. The molecule has 0 fully saturated rings. The van der Waals surface area contributed by atoms with Crippen molar-refractivity contribution >= 4 is 30.7 Å². The lowest BCUT2D eigenvalue weighted by Crippen LogP contribution is -2.37. The summed E-state index contributed by atoms with van der Waals surface area (Å²) in [5, 5.41) is 7.14. The second kappa shape index (κ2) is 9.40. The van der Waals surface area contributed by atoms with Crippen LogP contribution in [0.25, 0.3) is 0 Å². The number of hydrogen-bond acceptors (Lipinski definition) is 4. The third-order valence-electron chi connectivity index (χ3n) is 3.10. The van der Waals surface area contributed by atoms with Gasteiger partial charge in [-0.05, 0) is 19.2 Å². The van der Waals surface area contributed by atoms with Crippen LogP contribution in [-0.2, 0) is 18.4 Å². The van der Waals surface area contributed by atoms with Crippen molar-refractivity contribution in [3.05, 3.63) is 48.0 Å². The van der Waals surface area contributed by atoms with Gasteiger partial charge < -0.3 is 10.2 Å². The molecule has 0 aromatic carbocycles. The van der Waals surface area contributed by atoms with Gasteiger partial charge in [-0.2, -0.15) is 5.10 Å². The Morgan fingerprint density at radius 2 is 2.14 bits per heavy atom. The van der Waals surface area contributed by atoms with Gasteiger partial charge in [0.25, 0.3) is 0 Å². The average Bonchev–Trinajstić information content (AvgIpc) is 2.87. The summed E-state index contributed by atoms with van der Waals surface area (Å²) in [6.07, 6.45) is 5.27. The van der Waals surface area contributed by atoms with E-state index in [-0.39, 0.29) is 30.7 Å². The van der Waals surface area contributed by atoms with E-state index in [0.29, 0.717) is 6.54 Å². The van der Waals surface area contributed by atoms with Crippen LogP contribution in [0.15, 0.2) is 36.8 Å². The third-order valence-corrected chi connectivity index (χ3v) is 3.10. The Kier molecular flexibility index (Phi) is 8.70. The quantitative estimate of drug-likeness (QED) is 0.893. The van der Waals surface area contributed by atoms with Crippen LogP contribution in [0.3, 0.4) is 0 Å². The molecule has 1 N–H and O–H groups in total. The molecule has 0 aliphatic heterocycles. The molecule has 2 aromatic rings. The van der Waals surface area contributed by atoms with E-state index >= 15 is 0 Å². The summed E-state index contributed by atoms with van der Waals surface area (Å²) in [4.78, 5) is 18.4. The zero-order valence-electron chi connectivity index (χ0n) is 12.8. The number of nitrogens with zero attached hydrogens (tertiary/aromatic N) is 4. The summed E-state index contributed by atoms with van der Waals surface area (Å²) < 4.78 is 1.69. The van der Waals surface area contributed by atoms with Gasteiger partial charge in [-0.25, -0.2) is 0 Å². The Labute approximate surface area is 142 Å². The van der Waals surface area contributed by atoms with Crippen LogP contribution in [0, 0.1) is 0 Å². The molecule has 2 rings (SSSR count). The van der Waals surface area contributed by atoms with Crippen molar-refractivity contribution in [3.63, 3.8) is 0 Å². The van der Waals surface area contributed by atoms with Crippen LogP contribution in [0.1, 0.15) is 17.3 Å². The van der Waals surface area contributed by atoms with Crippen LogP contribution in [0.4, 0.5) is 0 Å². The molecule has 0 saturated carbocycles. The maximum Gasteiger partial charge on any atom is 0.244 e. The average molecular weight is 346 g/mol. The Balaban J connectivity index is 0.00000220. The molecule has 1 amide bonds. The van der Waals surface area contributed by atoms with E-state index in [2.05, 4.69) is 15.4 Å². The highest BCUT2D eigenvalue weighted by Gasteiger charge is 2.23. The smallest absolute Gasteiger partial charge is 0.244 e. The molecule has 0 radical (unpaired) electrons. The molecular formula is C14H21Cl2N5O. The van der Waals surface area contributed by atoms with Crippen molar-refractivity contribution in [2.24, 2.45) is 7.05 Å². The monoisotopic (exact) mass is 345 g/mol. The molecular weight excluding hydrogens is 325 g/mol. The fourth-order valence-electron chi connectivity index (χ4n) is 2.05. The summed E-state index contributed by atoms with van der Waals surface area (Å²) >= 11 is 0. The SMILES string of the molecule is CNC(C(=O)N(C)Cc1ccccn1)c1cnn(C)c1.Cl.Cl. The van der Waals surface area contributed by atoms with Gasteiger partial charge >= 0.3 is 0 Å². The zero-order valence-corrected chi connectivity index (χ0v) is 14.4. The van der Waals surface area contributed by atoms with E-state index in [1.165, 1.54) is 0 Å². The lowest BCUT2D eigenvalue weighted by Gasteiger charge is -2.22. The number of aromatic nitrogens is 3. The summed E-state index contributed by atoms with van der Waals surface area (Å²) in [6, 6.07) is 5.29. The maximum atomic E-state index is 12.5. The number of pyridine rings is 1. The minimum Gasteiger partial charge on any atom is -0.338 e. The standard InChI is InChI=1S/C14H19N5O.2ClH/c1-15-13(11-8-17-19(3)9-11)14(20)18(2)10-12-6-4-5-7-16-12;;/h4-9,13,15H,10H2,1-3H3;2*1H. The van der Waals surface area contributed by atoms with Gasteiger partial charge in [-0.3, -0.25) is 14.5 Å². The highest BCUT2D eigenvalue weighted by molar-refractivity contribution is 5.85. The fourth-order valence-corrected chi connectivity index (χ4v) is 2.05. The molecule has 0 bridgehead atoms. The highest BCUT2D eigenvalue weighted by atomic mass is 35.5. The first-order valence-electron chi connectivity index (χ1n) is 6.42. The van der Waals surface area contributed by atoms with E-state index < -0.39 is 6.04 Å². The molecule has 0 spiro atoms. The maximum absolute atomic E-state index is 12.5. The third kappa shape index (κ3) is 4.98. The summed E-state index contributed by atoms with van der Waals surface area (Å²) in [5.41, 5.74) is 1.72. The first-order chi connectivity index (χ1) is 9.61. The van der Waals surface area contributed by atoms with Crippen LogP contribution in [-0.4, -0.2) is 39.7 Å². The van der Waals surface area contributed by atoms with Crippen LogP contribution in [0.5, 0.6) is 0 Å². The predicted molar refractivity (Wildman–Crippen MR) is 90.2 cm³/mol. The molecule has 0 aliphatic rings. The molecule has 1 unspecified atom stereocenters. The summed E-state index contributed by atoms with van der Waals surface area (Å²) in [7, 11) is 5.38. The minimum atomic E-state index is -0.391. The van der Waals surface area contributed by atoms with Crippen molar-refractivity contribution in [1.29, 1.82) is 0 Å². The number of carbonyl (C=O) groups excluding carboxylic acids is 1. The number of rotatable bonds is 5. The van der Waals surface area contributed by atoms with Gasteiger partial charge in [0.2, 0.25) is 5.91 Å². The first kappa shape index (κ1) is 20.4. The number of likely N-dealkylation sites (N-methyl/N-ethyl adjacent to an activating group) is 2. The number of carbonyl (C=O) groups is 1. The fraction of sp³-hybridized carbons (Fsp3) is 0.357. The van der Waals surface area contributed by atoms with Crippen molar-refractivity contribution in [3.8, 4) is 0 Å². The molecule has 0 aliphatic carbocycles. The predicted octanol–water partition coefficient (Wildman–Crippen LogP) is 1.58. The number of hydrogen-bond donors (Lipinski definition) is 1. The van der Waals surface area contributed by atoms with Crippen LogP contribution < -0.4 is 5.32 Å². The number of amides is 1. The molecule has 0 saturated heterocycles. The van der Waals surface area contributed by atoms with E-state index in [1.807, 2.05) is 31.4 Å². The molecule has 2 aromatic heterocycles. The zero-order chi connectivity index (χ0) is 14.5. The topological polar surface area (TPSA) is 63.1 Å². The van der Waals surface area contributed by atoms with E-state index in [9.17, 15) is 4.79 Å². The molecule has 1 atom stereocenters. The number of nitrogens with one attached hydrogen (secondary N) is 1.